The van der Waals surface area contributed by atoms with Crippen molar-refractivity contribution in [3.05, 3.63) is 51.2 Å². The first-order valence-electron chi connectivity index (χ1n) is 10.8. The van der Waals surface area contributed by atoms with E-state index in [1.165, 1.54) is 28.1 Å². The van der Waals surface area contributed by atoms with Gasteiger partial charge in [0.2, 0.25) is 5.91 Å². The zero-order valence-corrected chi connectivity index (χ0v) is 20.0. The number of fused-ring (bicyclic) bond motifs is 1. The Labute approximate surface area is 202 Å². The van der Waals surface area contributed by atoms with Crippen LogP contribution in [0.5, 0.6) is 0 Å². The van der Waals surface area contributed by atoms with E-state index in [0.29, 0.717) is 42.8 Å². The third-order valence-electron chi connectivity index (χ3n) is 5.52. The molecule has 1 aliphatic heterocycles. The van der Waals surface area contributed by atoms with Gasteiger partial charge >= 0.3 is 18.4 Å². The summed E-state index contributed by atoms with van der Waals surface area (Å²) in [6.45, 7) is 4.45. The van der Waals surface area contributed by atoms with Crippen LogP contribution in [0.3, 0.4) is 0 Å². The number of ether oxygens (including phenoxy) is 1. The molecule has 1 aliphatic rings. The molecular formula is C23H24F6N2O3S. The minimum Gasteiger partial charge on any atom is -0.446 e. The van der Waals surface area contributed by atoms with Crippen LogP contribution < -0.4 is 4.90 Å². The van der Waals surface area contributed by atoms with Gasteiger partial charge in [-0.2, -0.15) is 26.3 Å². The van der Waals surface area contributed by atoms with Crippen molar-refractivity contribution >= 4 is 29.0 Å². The van der Waals surface area contributed by atoms with Crippen molar-refractivity contribution in [3.63, 3.8) is 0 Å². The molecule has 0 saturated heterocycles. The molecule has 12 heteroatoms. The number of hydrogen-bond acceptors (Lipinski definition) is 4. The van der Waals surface area contributed by atoms with E-state index in [-0.39, 0.29) is 17.7 Å². The molecule has 35 heavy (non-hydrogen) atoms. The number of amides is 2. The molecular weight excluding hydrogens is 498 g/mol. The molecule has 1 unspecified atom stereocenters. The largest absolute Gasteiger partial charge is 0.446 e. The average Bonchev–Trinajstić information content (AvgIpc) is 3.12. The second kappa shape index (κ2) is 10.1. The van der Waals surface area contributed by atoms with Gasteiger partial charge in [0.15, 0.2) is 0 Å². The highest BCUT2D eigenvalue weighted by Gasteiger charge is 2.38. The highest BCUT2D eigenvalue weighted by Crippen LogP contribution is 2.41. The lowest BCUT2D eigenvalue weighted by Gasteiger charge is -2.31. The summed E-state index contributed by atoms with van der Waals surface area (Å²) in [4.78, 5) is 27.9. The third-order valence-corrected chi connectivity index (χ3v) is 6.27. The molecule has 192 valence electrons. The molecule has 1 aromatic carbocycles. The van der Waals surface area contributed by atoms with Crippen LogP contribution in [0.25, 0.3) is 0 Å². The van der Waals surface area contributed by atoms with E-state index < -0.39 is 48.1 Å². The van der Waals surface area contributed by atoms with Gasteiger partial charge in [-0.15, -0.1) is 11.3 Å². The molecule has 1 aromatic heterocycles. The Bertz CT molecular complexity index is 1050. The van der Waals surface area contributed by atoms with E-state index in [0.717, 1.165) is 0 Å². The smallest absolute Gasteiger partial charge is 0.416 e. The second-order valence-corrected chi connectivity index (χ2v) is 9.26. The summed E-state index contributed by atoms with van der Waals surface area (Å²) in [7, 11) is 0. The molecule has 2 amide bonds. The van der Waals surface area contributed by atoms with Crippen molar-refractivity contribution in [2.75, 3.05) is 11.4 Å². The number of rotatable bonds is 4. The molecule has 2 heterocycles. The third kappa shape index (κ3) is 6.28. The summed E-state index contributed by atoms with van der Waals surface area (Å²) >= 11 is 1.27. The standard InChI is InChI=1S/C23H24F6N2O3S/c1-13(2)34-21(33)30-6-4-5-19(18-11-35-12-20(18)30)31(14(3)32)10-15-7-16(22(24,25)26)9-17(8-15)23(27,28)29/h7-9,11-13,19H,4-6,10H2,1-3H3. The predicted molar refractivity (Wildman–Crippen MR) is 118 cm³/mol. The monoisotopic (exact) mass is 522 g/mol. The van der Waals surface area contributed by atoms with E-state index >= 15 is 0 Å². The number of thiophene rings is 1. The maximum absolute atomic E-state index is 13.3. The lowest BCUT2D eigenvalue weighted by atomic mass is 10.0. The summed E-state index contributed by atoms with van der Waals surface area (Å²) in [5.74, 6) is -0.517. The van der Waals surface area contributed by atoms with Crippen molar-refractivity contribution in [1.82, 2.24) is 4.90 Å². The summed E-state index contributed by atoms with van der Waals surface area (Å²) < 4.78 is 85.2. The average molecular weight is 523 g/mol. The number of carbonyl (C=O) groups is 2. The summed E-state index contributed by atoms with van der Waals surface area (Å²) in [5, 5.41) is 3.43. The van der Waals surface area contributed by atoms with Gasteiger partial charge in [0.1, 0.15) is 0 Å². The lowest BCUT2D eigenvalue weighted by molar-refractivity contribution is -0.143. The first-order valence-corrected chi connectivity index (χ1v) is 11.7. The fraction of sp³-hybridized carbons (Fsp3) is 0.478. The number of anilines is 1. The fourth-order valence-electron chi connectivity index (χ4n) is 4.01. The van der Waals surface area contributed by atoms with Gasteiger partial charge in [0.25, 0.3) is 0 Å². The molecule has 0 aliphatic carbocycles. The van der Waals surface area contributed by atoms with Crippen LogP contribution in [0, 0.1) is 0 Å². The number of alkyl halides is 6. The normalized spacial score (nSPS) is 16.6. The Kier molecular flexibility index (Phi) is 7.73. The van der Waals surface area contributed by atoms with E-state index in [2.05, 4.69) is 0 Å². The molecule has 1 atom stereocenters. The van der Waals surface area contributed by atoms with Gasteiger partial charge in [-0.1, -0.05) is 0 Å². The highest BCUT2D eigenvalue weighted by atomic mass is 32.1. The van der Waals surface area contributed by atoms with Gasteiger partial charge < -0.3 is 9.64 Å². The molecule has 0 saturated carbocycles. The van der Waals surface area contributed by atoms with Gasteiger partial charge in [-0.25, -0.2) is 4.79 Å². The van der Waals surface area contributed by atoms with Gasteiger partial charge in [0, 0.05) is 31.0 Å². The minimum absolute atomic E-state index is 0.0580. The van der Waals surface area contributed by atoms with Crippen molar-refractivity contribution in [3.8, 4) is 0 Å². The molecule has 0 radical (unpaired) electrons. The van der Waals surface area contributed by atoms with Crippen LogP contribution in [0.4, 0.5) is 36.8 Å². The maximum Gasteiger partial charge on any atom is 0.416 e. The van der Waals surface area contributed by atoms with Gasteiger partial charge in [0.05, 0.1) is 29.0 Å². The van der Waals surface area contributed by atoms with Crippen molar-refractivity contribution in [2.24, 2.45) is 0 Å². The van der Waals surface area contributed by atoms with Crippen molar-refractivity contribution < 1.29 is 40.7 Å². The Balaban J connectivity index is 2.00. The Morgan fingerprint density at radius 3 is 2.20 bits per heavy atom. The number of carbonyl (C=O) groups excluding carboxylic acids is 2. The number of halogens is 6. The van der Waals surface area contributed by atoms with Crippen LogP contribution in [-0.4, -0.2) is 29.5 Å². The van der Waals surface area contributed by atoms with Crippen molar-refractivity contribution in [2.45, 2.75) is 64.7 Å². The number of hydrogen-bond donors (Lipinski definition) is 0. The second-order valence-electron chi connectivity index (χ2n) is 8.52. The highest BCUT2D eigenvalue weighted by molar-refractivity contribution is 7.08. The molecule has 2 aromatic rings. The topological polar surface area (TPSA) is 49.9 Å². The predicted octanol–water partition coefficient (Wildman–Crippen LogP) is 7.02. The number of benzene rings is 1. The van der Waals surface area contributed by atoms with Crippen LogP contribution in [0.15, 0.2) is 29.0 Å². The summed E-state index contributed by atoms with van der Waals surface area (Å²) in [6, 6.07) is 0.669. The van der Waals surface area contributed by atoms with Crippen LogP contribution in [0.2, 0.25) is 0 Å². The SMILES string of the molecule is CC(=O)N(Cc1cc(C(F)(F)F)cc(C(F)(F)F)c1)C1CCCN(C(=O)OC(C)C)c2cscc21. The van der Waals surface area contributed by atoms with E-state index in [9.17, 15) is 35.9 Å². The molecule has 0 spiro atoms. The van der Waals surface area contributed by atoms with E-state index in [1.807, 2.05) is 0 Å². The first kappa shape index (κ1) is 26.8. The van der Waals surface area contributed by atoms with Crippen LogP contribution in [0.1, 0.15) is 61.9 Å². The van der Waals surface area contributed by atoms with Crippen molar-refractivity contribution in [1.29, 1.82) is 0 Å². The quantitative estimate of drug-likeness (QED) is 0.406. The lowest BCUT2D eigenvalue weighted by Crippen LogP contribution is -2.34. The summed E-state index contributed by atoms with van der Waals surface area (Å²) in [6.07, 6.45) is -10.1. The zero-order chi connectivity index (χ0) is 26.1. The van der Waals surface area contributed by atoms with E-state index in [1.54, 1.807) is 24.6 Å². The van der Waals surface area contributed by atoms with Gasteiger partial charge in [-0.05, 0) is 55.8 Å². The zero-order valence-electron chi connectivity index (χ0n) is 19.2. The molecule has 5 nitrogen and oxygen atoms in total. The Morgan fingerprint density at radius 2 is 1.69 bits per heavy atom. The molecule has 0 N–H and O–H groups in total. The Morgan fingerprint density at radius 1 is 1.09 bits per heavy atom. The fourth-order valence-corrected chi connectivity index (χ4v) is 4.90. The number of nitrogens with zero attached hydrogens (tertiary/aromatic N) is 2. The molecule has 3 rings (SSSR count). The van der Waals surface area contributed by atoms with Gasteiger partial charge in [-0.3, -0.25) is 9.69 Å². The molecule has 0 fully saturated rings. The van der Waals surface area contributed by atoms with Crippen LogP contribution >= 0.6 is 11.3 Å². The van der Waals surface area contributed by atoms with Crippen LogP contribution in [-0.2, 0) is 28.4 Å². The minimum atomic E-state index is -4.99. The summed E-state index contributed by atoms with van der Waals surface area (Å²) in [5.41, 5.74) is -2.07. The first-order chi connectivity index (χ1) is 16.2. The Hall–Kier alpha value is -2.76. The maximum atomic E-state index is 13.3. The van der Waals surface area contributed by atoms with E-state index in [4.69, 9.17) is 4.74 Å². The molecule has 0 bridgehead atoms.